The molecule has 0 heterocycles. The predicted octanol–water partition coefficient (Wildman–Crippen LogP) is 4.03. The largest absolute Gasteiger partial charge is 0.467 e. The SMILES string of the molecule is COC(=O)C1(O)C[C@@H](O[Si](C)(C)C(C)(C)C)C(=O)[C@H](O[Si](C)(C)C(C)(C)C)C1. The number of hydrogen-bond acceptors (Lipinski definition) is 6. The van der Waals surface area contributed by atoms with Crippen LogP contribution in [0, 0.1) is 0 Å². The molecule has 0 aromatic heterocycles. The molecule has 6 nitrogen and oxygen atoms in total. The van der Waals surface area contributed by atoms with Crippen LogP contribution in [0.25, 0.3) is 0 Å². The molecule has 0 aromatic carbocycles. The lowest BCUT2D eigenvalue weighted by molar-refractivity contribution is -0.177. The van der Waals surface area contributed by atoms with Gasteiger partial charge in [-0.05, 0) is 36.3 Å². The Morgan fingerprint density at radius 3 is 1.50 bits per heavy atom. The van der Waals surface area contributed by atoms with Crippen LogP contribution in [-0.2, 0) is 23.2 Å². The Hall–Kier alpha value is -0.546. The van der Waals surface area contributed by atoms with Crippen molar-refractivity contribution in [1.29, 1.82) is 0 Å². The van der Waals surface area contributed by atoms with Crippen LogP contribution >= 0.6 is 0 Å². The number of carbonyl (C=O) groups is 2. The molecule has 1 aliphatic rings. The monoisotopic (exact) mass is 432 g/mol. The summed E-state index contributed by atoms with van der Waals surface area (Å²) in [5, 5.41) is 10.8. The fourth-order valence-corrected chi connectivity index (χ4v) is 5.25. The van der Waals surface area contributed by atoms with Crippen molar-refractivity contribution in [2.45, 2.75) is 108 Å². The maximum atomic E-state index is 13.3. The number of rotatable bonds is 5. The van der Waals surface area contributed by atoms with Gasteiger partial charge >= 0.3 is 5.97 Å². The van der Waals surface area contributed by atoms with Gasteiger partial charge in [-0.2, -0.15) is 0 Å². The molecular formula is C20H40O6Si2. The van der Waals surface area contributed by atoms with Crippen molar-refractivity contribution in [3.8, 4) is 0 Å². The first-order valence-corrected chi connectivity index (χ1v) is 15.8. The average Bonchev–Trinajstić information content (AvgIpc) is 2.48. The highest BCUT2D eigenvalue weighted by atomic mass is 28.4. The molecule has 1 aliphatic carbocycles. The second-order valence-electron chi connectivity index (χ2n) is 11.1. The van der Waals surface area contributed by atoms with Gasteiger partial charge in [0.05, 0.1) is 7.11 Å². The van der Waals surface area contributed by atoms with E-state index in [-0.39, 0.29) is 28.7 Å². The van der Waals surface area contributed by atoms with Crippen LogP contribution in [0.15, 0.2) is 0 Å². The van der Waals surface area contributed by atoms with E-state index in [9.17, 15) is 14.7 Å². The molecule has 2 atom stereocenters. The van der Waals surface area contributed by atoms with E-state index in [0.29, 0.717) is 0 Å². The highest BCUT2D eigenvalue weighted by Gasteiger charge is 2.55. The summed E-state index contributed by atoms with van der Waals surface area (Å²) in [7, 11) is -3.35. The molecule has 1 saturated carbocycles. The summed E-state index contributed by atoms with van der Waals surface area (Å²) >= 11 is 0. The first kappa shape index (κ1) is 25.5. The molecule has 1 N–H and O–H groups in total. The molecule has 0 saturated heterocycles. The molecule has 0 aliphatic heterocycles. The van der Waals surface area contributed by atoms with Gasteiger partial charge in [-0.3, -0.25) is 4.79 Å². The average molecular weight is 433 g/mol. The van der Waals surface area contributed by atoms with Gasteiger partial charge in [0.2, 0.25) is 0 Å². The van der Waals surface area contributed by atoms with Crippen molar-refractivity contribution in [1.82, 2.24) is 0 Å². The van der Waals surface area contributed by atoms with Crippen LogP contribution in [0.3, 0.4) is 0 Å². The van der Waals surface area contributed by atoms with Crippen LogP contribution in [0.1, 0.15) is 54.4 Å². The zero-order chi connectivity index (χ0) is 22.3. The standard InChI is InChI=1S/C20H40O6Si2/c1-18(2,3)27(8,9)25-14-12-20(23,17(22)24-7)13-15(16(14)21)26-28(10,11)19(4,5)6/h14-15,23H,12-13H2,1-11H3/t14-,15-/m1/s1. The summed E-state index contributed by atoms with van der Waals surface area (Å²) in [6, 6.07) is 0. The number of aliphatic hydroxyl groups is 1. The van der Waals surface area contributed by atoms with Crippen LogP contribution in [0.5, 0.6) is 0 Å². The van der Waals surface area contributed by atoms with Crippen LogP contribution < -0.4 is 0 Å². The quantitative estimate of drug-likeness (QED) is 0.522. The van der Waals surface area contributed by atoms with Gasteiger partial charge in [0.15, 0.2) is 28.0 Å². The Labute approximate surface area is 172 Å². The lowest BCUT2D eigenvalue weighted by atomic mass is 9.80. The highest BCUT2D eigenvalue weighted by molar-refractivity contribution is 6.74. The van der Waals surface area contributed by atoms with Crippen molar-refractivity contribution in [3.05, 3.63) is 0 Å². The number of Topliss-reactive ketones (excluding diaryl/α,β-unsaturated/α-hetero) is 1. The number of ether oxygens (including phenoxy) is 1. The first-order chi connectivity index (χ1) is 12.3. The van der Waals surface area contributed by atoms with Gasteiger partial charge in [0.25, 0.3) is 0 Å². The number of ketones is 1. The predicted molar refractivity (Wildman–Crippen MR) is 115 cm³/mol. The minimum atomic E-state index is -2.29. The third-order valence-electron chi connectivity index (χ3n) is 6.73. The summed E-state index contributed by atoms with van der Waals surface area (Å²) < 4.78 is 17.5. The molecule has 1 rings (SSSR count). The Bertz CT molecular complexity index is 561. The van der Waals surface area contributed by atoms with Gasteiger partial charge in [0.1, 0.15) is 12.2 Å². The van der Waals surface area contributed by atoms with E-state index in [4.69, 9.17) is 13.6 Å². The third-order valence-corrected chi connectivity index (χ3v) is 15.7. The van der Waals surface area contributed by atoms with Gasteiger partial charge in [-0.25, -0.2) is 4.79 Å². The van der Waals surface area contributed by atoms with Crippen LogP contribution in [0.2, 0.25) is 36.3 Å². The van der Waals surface area contributed by atoms with Gasteiger partial charge < -0.3 is 18.7 Å². The lowest BCUT2D eigenvalue weighted by Gasteiger charge is -2.46. The Kier molecular flexibility index (Phi) is 7.23. The summed E-state index contributed by atoms with van der Waals surface area (Å²) in [4.78, 5) is 25.6. The molecule has 1 fully saturated rings. The van der Waals surface area contributed by atoms with E-state index in [1.54, 1.807) is 0 Å². The van der Waals surface area contributed by atoms with E-state index in [0.717, 1.165) is 0 Å². The van der Waals surface area contributed by atoms with Crippen molar-refractivity contribution in [3.63, 3.8) is 0 Å². The van der Waals surface area contributed by atoms with E-state index in [1.807, 2.05) is 0 Å². The smallest absolute Gasteiger partial charge is 0.338 e. The van der Waals surface area contributed by atoms with E-state index in [2.05, 4.69) is 67.7 Å². The second-order valence-corrected chi connectivity index (χ2v) is 20.6. The van der Waals surface area contributed by atoms with Crippen molar-refractivity contribution < 1.29 is 28.3 Å². The fraction of sp³-hybridized carbons (Fsp3) is 0.900. The maximum absolute atomic E-state index is 13.3. The molecule has 8 heteroatoms. The topological polar surface area (TPSA) is 82.1 Å². The molecule has 0 radical (unpaired) electrons. The normalized spacial score (nSPS) is 27.6. The molecule has 28 heavy (non-hydrogen) atoms. The highest BCUT2D eigenvalue weighted by Crippen LogP contribution is 2.43. The maximum Gasteiger partial charge on any atom is 0.338 e. The zero-order valence-electron chi connectivity index (χ0n) is 19.6. The molecule has 0 amide bonds. The first-order valence-electron chi connectivity index (χ1n) is 9.97. The number of esters is 1. The Morgan fingerprint density at radius 2 is 1.25 bits per heavy atom. The summed E-state index contributed by atoms with van der Waals surface area (Å²) in [5.74, 6) is -0.920. The van der Waals surface area contributed by atoms with Crippen LogP contribution in [-0.4, -0.2) is 58.4 Å². The number of hydrogen-bond donors (Lipinski definition) is 1. The molecule has 0 spiro atoms. The van der Waals surface area contributed by atoms with Crippen molar-refractivity contribution in [2.75, 3.05) is 7.11 Å². The lowest BCUT2D eigenvalue weighted by Crippen LogP contribution is -2.60. The Morgan fingerprint density at radius 1 is 0.929 bits per heavy atom. The summed E-state index contributed by atoms with van der Waals surface area (Å²) in [6.07, 6.45) is -1.95. The molecule has 164 valence electrons. The number of carbonyl (C=O) groups excluding carboxylic acids is 2. The van der Waals surface area contributed by atoms with Crippen molar-refractivity contribution in [2.24, 2.45) is 0 Å². The fourth-order valence-electron chi connectivity index (χ4n) is 2.73. The zero-order valence-corrected chi connectivity index (χ0v) is 21.6. The van der Waals surface area contributed by atoms with E-state index < -0.39 is 40.4 Å². The Balaban J connectivity index is 3.27. The van der Waals surface area contributed by atoms with Gasteiger partial charge in [-0.15, -0.1) is 0 Å². The van der Waals surface area contributed by atoms with E-state index >= 15 is 0 Å². The minimum absolute atomic E-state index is 0.0949. The molecule has 0 unspecified atom stereocenters. The van der Waals surface area contributed by atoms with E-state index in [1.165, 1.54) is 7.11 Å². The van der Waals surface area contributed by atoms with Gasteiger partial charge in [-0.1, -0.05) is 41.5 Å². The third kappa shape index (κ3) is 5.33. The second kappa shape index (κ2) is 7.94. The van der Waals surface area contributed by atoms with Gasteiger partial charge in [0, 0.05) is 12.8 Å². The van der Waals surface area contributed by atoms with Crippen LogP contribution in [0.4, 0.5) is 0 Å². The molecule has 0 bridgehead atoms. The number of methoxy groups -OCH3 is 1. The minimum Gasteiger partial charge on any atom is -0.467 e. The van der Waals surface area contributed by atoms with Crippen molar-refractivity contribution >= 4 is 28.4 Å². The molecule has 0 aromatic rings. The molecular weight excluding hydrogens is 392 g/mol. The summed E-state index contributed by atoms with van der Waals surface area (Å²) in [5.41, 5.74) is -1.79. The summed E-state index contributed by atoms with van der Waals surface area (Å²) in [6.45, 7) is 20.7.